The van der Waals surface area contributed by atoms with E-state index in [4.69, 9.17) is 4.74 Å². The van der Waals surface area contributed by atoms with Crippen LogP contribution >= 0.6 is 0 Å². The third-order valence-electron chi connectivity index (χ3n) is 2.81. The average molecular weight is 306 g/mol. The second kappa shape index (κ2) is 10.1. The number of hydrogen-bond acceptors (Lipinski definition) is 6. The number of nitrogens with one attached hydrogen (secondary N) is 1. The number of ether oxygens (including phenoxy) is 2. The van der Waals surface area contributed by atoms with Crippen molar-refractivity contribution in [2.75, 3.05) is 13.7 Å². The Bertz CT molecular complexity index is 526. The van der Waals surface area contributed by atoms with Gasteiger partial charge in [0, 0.05) is 6.54 Å². The van der Waals surface area contributed by atoms with Gasteiger partial charge in [0.15, 0.2) is 6.04 Å². The van der Waals surface area contributed by atoms with Crippen LogP contribution in [0.25, 0.3) is 0 Å². The Morgan fingerprint density at radius 1 is 1.27 bits per heavy atom. The van der Waals surface area contributed by atoms with Gasteiger partial charge in [0.1, 0.15) is 5.75 Å². The van der Waals surface area contributed by atoms with Crippen LogP contribution in [0.2, 0.25) is 0 Å². The molecule has 0 saturated carbocycles. The van der Waals surface area contributed by atoms with Crippen LogP contribution < -0.4 is 10.1 Å². The van der Waals surface area contributed by atoms with E-state index in [0.717, 1.165) is 0 Å². The van der Waals surface area contributed by atoms with Crippen LogP contribution in [0.15, 0.2) is 35.3 Å². The zero-order valence-electron chi connectivity index (χ0n) is 12.3. The molecule has 7 nitrogen and oxygen atoms in total. The maximum absolute atomic E-state index is 11.5. The molecule has 7 heteroatoms. The number of nitrogens with zero attached hydrogens (tertiary/aromatic N) is 1. The maximum atomic E-state index is 11.5. The molecule has 0 fully saturated rings. The summed E-state index contributed by atoms with van der Waals surface area (Å²) in [4.78, 5) is 36.4. The average Bonchev–Trinajstić information content (AvgIpc) is 2.53. The highest BCUT2D eigenvalue weighted by atomic mass is 16.6. The van der Waals surface area contributed by atoms with Crippen LogP contribution in [-0.2, 0) is 14.3 Å². The van der Waals surface area contributed by atoms with Crippen molar-refractivity contribution in [2.24, 2.45) is 4.99 Å². The summed E-state index contributed by atoms with van der Waals surface area (Å²) in [6.45, 7) is 0.393. The fourth-order valence-electron chi connectivity index (χ4n) is 1.72. The first-order valence-corrected chi connectivity index (χ1v) is 6.83. The summed E-state index contributed by atoms with van der Waals surface area (Å²) >= 11 is 0. The number of carbonyl (C=O) groups is 2. The summed E-state index contributed by atoms with van der Waals surface area (Å²) in [7, 11) is 1.23. The fraction of sp³-hybridized carbons (Fsp3) is 0.400. The molecule has 0 spiro atoms. The topological polar surface area (TPSA) is 94.1 Å². The number of aliphatic imine (C=N–C) groups is 1. The Morgan fingerprint density at radius 3 is 2.64 bits per heavy atom. The van der Waals surface area contributed by atoms with Crippen molar-refractivity contribution in [2.45, 2.75) is 25.3 Å². The van der Waals surface area contributed by atoms with Crippen molar-refractivity contribution >= 4 is 18.1 Å². The Balaban J connectivity index is 2.20. The second-order valence-electron chi connectivity index (χ2n) is 4.38. The summed E-state index contributed by atoms with van der Waals surface area (Å²) in [5.41, 5.74) is 0. The van der Waals surface area contributed by atoms with Gasteiger partial charge in [0.05, 0.1) is 7.11 Å². The van der Waals surface area contributed by atoms with Crippen LogP contribution in [-0.4, -0.2) is 37.8 Å². The van der Waals surface area contributed by atoms with Crippen LogP contribution in [0.1, 0.15) is 19.3 Å². The van der Waals surface area contributed by atoms with Gasteiger partial charge in [-0.1, -0.05) is 18.2 Å². The largest absolute Gasteiger partial charge is 0.467 e. The van der Waals surface area contributed by atoms with Gasteiger partial charge >= 0.3 is 12.1 Å². The van der Waals surface area contributed by atoms with Crippen molar-refractivity contribution in [3.05, 3.63) is 30.3 Å². The molecule has 22 heavy (non-hydrogen) atoms. The molecule has 1 unspecified atom stereocenters. The Kier molecular flexibility index (Phi) is 8.00. The van der Waals surface area contributed by atoms with Crippen molar-refractivity contribution < 1.29 is 23.9 Å². The molecule has 1 N–H and O–H groups in total. The van der Waals surface area contributed by atoms with Gasteiger partial charge in [-0.05, 0) is 31.4 Å². The van der Waals surface area contributed by atoms with Crippen molar-refractivity contribution in [3.63, 3.8) is 0 Å². The highest BCUT2D eigenvalue weighted by molar-refractivity contribution is 5.76. The Labute approximate surface area is 128 Å². The standard InChI is InChI=1S/C15H18N2O5/c1-21-14(19)13(17-11-18)9-5-6-10-16-15(20)22-12-7-3-2-4-8-12/h2-4,7-8,13H,5-6,9-10H2,1H3,(H,16,20). The number of benzene rings is 1. The van der Waals surface area contributed by atoms with E-state index in [1.165, 1.54) is 13.2 Å². The number of unbranched alkanes of at least 4 members (excludes halogenated alkanes) is 1. The van der Waals surface area contributed by atoms with Crippen molar-refractivity contribution in [1.29, 1.82) is 0 Å². The molecule has 0 aromatic heterocycles. The molecule has 0 heterocycles. The lowest BCUT2D eigenvalue weighted by molar-refractivity contribution is -0.142. The molecule has 0 bridgehead atoms. The Morgan fingerprint density at radius 2 is 2.00 bits per heavy atom. The summed E-state index contributed by atoms with van der Waals surface area (Å²) in [5, 5.41) is 2.59. The summed E-state index contributed by atoms with van der Waals surface area (Å²) < 4.78 is 9.57. The molecule has 0 aliphatic rings. The first-order valence-electron chi connectivity index (χ1n) is 6.83. The van der Waals surface area contributed by atoms with Crippen LogP contribution in [0, 0.1) is 0 Å². The summed E-state index contributed by atoms with van der Waals surface area (Å²) in [5.74, 6) is -0.106. The smallest absolute Gasteiger partial charge is 0.412 e. The number of isocyanates is 1. The van der Waals surface area contributed by atoms with Gasteiger partial charge in [0.2, 0.25) is 6.08 Å². The van der Waals surface area contributed by atoms with Crippen LogP contribution in [0.4, 0.5) is 4.79 Å². The number of methoxy groups -OCH3 is 1. The minimum atomic E-state index is -0.834. The number of para-hydroxylation sites is 1. The predicted octanol–water partition coefficient (Wildman–Crippen LogP) is 1.82. The molecular weight excluding hydrogens is 288 g/mol. The fourth-order valence-corrected chi connectivity index (χ4v) is 1.72. The number of hydrogen-bond donors (Lipinski definition) is 1. The highest BCUT2D eigenvalue weighted by Crippen LogP contribution is 2.08. The molecule has 1 aromatic carbocycles. The van der Waals surface area contributed by atoms with E-state index < -0.39 is 18.1 Å². The quantitative estimate of drug-likeness (QED) is 0.342. The first kappa shape index (κ1) is 17.4. The molecule has 1 aromatic rings. The van der Waals surface area contributed by atoms with E-state index in [2.05, 4.69) is 15.0 Å². The molecule has 1 atom stereocenters. The van der Waals surface area contributed by atoms with E-state index >= 15 is 0 Å². The first-order chi connectivity index (χ1) is 10.7. The molecule has 0 saturated heterocycles. The third kappa shape index (κ3) is 6.67. The van der Waals surface area contributed by atoms with Crippen molar-refractivity contribution in [1.82, 2.24) is 5.32 Å². The van der Waals surface area contributed by atoms with Gasteiger partial charge in [-0.15, -0.1) is 0 Å². The maximum Gasteiger partial charge on any atom is 0.412 e. The highest BCUT2D eigenvalue weighted by Gasteiger charge is 2.17. The molecule has 0 aliphatic heterocycles. The molecule has 0 aliphatic carbocycles. The van der Waals surface area contributed by atoms with E-state index in [9.17, 15) is 14.4 Å². The molecule has 0 radical (unpaired) electrons. The second-order valence-corrected chi connectivity index (χ2v) is 4.38. The molecule has 1 amide bonds. The zero-order chi connectivity index (χ0) is 16.2. The number of carbonyl (C=O) groups excluding carboxylic acids is 3. The zero-order valence-corrected chi connectivity index (χ0v) is 12.3. The summed E-state index contributed by atoms with van der Waals surface area (Å²) in [6.07, 6.45) is 2.38. The lowest BCUT2D eigenvalue weighted by Crippen LogP contribution is -2.28. The van der Waals surface area contributed by atoms with Gasteiger partial charge in [-0.25, -0.2) is 14.4 Å². The number of esters is 1. The predicted molar refractivity (Wildman–Crippen MR) is 78.2 cm³/mol. The summed E-state index contributed by atoms with van der Waals surface area (Å²) in [6, 6.07) is 7.88. The van der Waals surface area contributed by atoms with E-state index in [-0.39, 0.29) is 0 Å². The third-order valence-corrected chi connectivity index (χ3v) is 2.81. The number of rotatable bonds is 8. The van der Waals surface area contributed by atoms with E-state index in [1.54, 1.807) is 24.3 Å². The van der Waals surface area contributed by atoms with Gasteiger partial charge in [-0.2, -0.15) is 4.99 Å². The van der Waals surface area contributed by atoms with Gasteiger partial charge in [-0.3, -0.25) is 0 Å². The van der Waals surface area contributed by atoms with Gasteiger partial charge in [0.25, 0.3) is 0 Å². The minimum Gasteiger partial charge on any atom is -0.467 e. The lowest BCUT2D eigenvalue weighted by atomic mass is 10.1. The normalized spacial score (nSPS) is 11.0. The Hall–Kier alpha value is -2.66. The molecule has 1 rings (SSSR count). The van der Waals surface area contributed by atoms with E-state index in [0.29, 0.717) is 31.6 Å². The molecular formula is C15H18N2O5. The monoisotopic (exact) mass is 306 g/mol. The molecule has 118 valence electrons. The number of amides is 1. The van der Waals surface area contributed by atoms with Crippen LogP contribution in [0.3, 0.4) is 0 Å². The van der Waals surface area contributed by atoms with E-state index in [1.807, 2.05) is 6.07 Å². The lowest BCUT2D eigenvalue weighted by Gasteiger charge is -2.09. The SMILES string of the molecule is COC(=O)C(CCCCNC(=O)Oc1ccccc1)N=C=O. The van der Waals surface area contributed by atoms with Gasteiger partial charge < -0.3 is 14.8 Å². The van der Waals surface area contributed by atoms with Crippen molar-refractivity contribution in [3.8, 4) is 5.75 Å². The minimum absolute atomic E-state index is 0.358. The van der Waals surface area contributed by atoms with Crippen LogP contribution in [0.5, 0.6) is 5.75 Å².